The number of likely N-dealkylation sites (N-methyl/N-ethyl adjacent to an activating group) is 1. The predicted molar refractivity (Wildman–Crippen MR) is 84.5 cm³/mol. The third-order valence-corrected chi connectivity index (χ3v) is 4.44. The highest BCUT2D eigenvalue weighted by molar-refractivity contribution is 5.25. The van der Waals surface area contributed by atoms with Crippen molar-refractivity contribution in [2.75, 3.05) is 26.7 Å². The Kier molecular flexibility index (Phi) is 5.53. The molecule has 0 radical (unpaired) electrons. The van der Waals surface area contributed by atoms with Gasteiger partial charge in [-0.15, -0.1) is 0 Å². The highest BCUT2D eigenvalue weighted by atomic mass is 16.5. The van der Waals surface area contributed by atoms with Gasteiger partial charge in [0.2, 0.25) is 5.88 Å². The lowest BCUT2D eigenvalue weighted by molar-refractivity contribution is 0.0588. The summed E-state index contributed by atoms with van der Waals surface area (Å²) in [5, 5.41) is 3.59. The Labute approximate surface area is 128 Å². The molecule has 0 aromatic carbocycles. The number of piperidine rings is 1. The molecule has 0 spiro atoms. The molecular formula is C16H28N4O. The average molecular weight is 292 g/mol. The van der Waals surface area contributed by atoms with Gasteiger partial charge in [0, 0.05) is 17.9 Å². The summed E-state index contributed by atoms with van der Waals surface area (Å²) in [6.07, 6.45) is 7.32. The van der Waals surface area contributed by atoms with E-state index in [2.05, 4.69) is 41.0 Å². The minimum absolute atomic E-state index is 0.0280. The molecule has 0 amide bonds. The normalized spacial score (nSPS) is 18.5. The molecule has 0 aliphatic carbocycles. The second kappa shape index (κ2) is 7.18. The van der Waals surface area contributed by atoms with Crippen molar-refractivity contribution < 1.29 is 4.74 Å². The SMILES string of the molecule is CCNC(c1nccnc1OC)C(C)(C)N1CCCCC1. The van der Waals surface area contributed by atoms with Gasteiger partial charge in [0.15, 0.2) is 0 Å². The number of likely N-dealkylation sites (tertiary alicyclic amines) is 1. The maximum absolute atomic E-state index is 5.42. The summed E-state index contributed by atoms with van der Waals surface area (Å²) in [4.78, 5) is 11.4. The quantitative estimate of drug-likeness (QED) is 0.872. The average Bonchev–Trinajstić information content (AvgIpc) is 2.53. The first-order valence-electron chi connectivity index (χ1n) is 7.94. The van der Waals surface area contributed by atoms with Crippen LogP contribution in [0, 0.1) is 0 Å². The molecule has 2 rings (SSSR count). The summed E-state index contributed by atoms with van der Waals surface area (Å²) in [5.74, 6) is 0.619. The van der Waals surface area contributed by atoms with Crippen molar-refractivity contribution in [1.82, 2.24) is 20.2 Å². The number of rotatable bonds is 6. The number of aromatic nitrogens is 2. The molecular weight excluding hydrogens is 264 g/mol. The van der Waals surface area contributed by atoms with Crippen LogP contribution in [0.5, 0.6) is 5.88 Å². The Morgan fingerprint density at radius 1 is 1.24 bits per heavy atom. The summed E-state index contributed by atoms with van der Waals surface area (Å²) >= 11 is 0. The van der Waals surface area contributed by atoms with Crippen LogP contribution in [0.4, 0.5) is 0 Å². The number of hydrogen-bond donors (Lipinski definition) is 1. The Morgan fingerprint density at radius 3 is 2.52 bits per heavy atom. The third-order valence-electron chi connectivity index (χ3n) is 4.44. The highest BCUT2D eigenvalue weighted by Gasteiger charge is 2.39. The molecule has 0 bridgehead atoms. The van der Waals surface area contributed by atoms with Crippen molar-refractivity contribution in [3.8, 4) is 5.88 Å². The number of methoxy groups -OCH3 is 1. The van der Waals surface area contributed by atoms with Crippen LogP contribution in [-0.2, 0) is 0 Å². The van der Waals surface area contributed by atoms with Crippen molar-refractivity contribution in [1.29, 1.82) is 0 Å². The van der Waals surface area contributed by atoms with E-state index in [0.29, 0.717) is 5.88 Å². The van der Waals surface area contributed by atoms with Crippen LogP contribution in [0.1, 0.15) is 51.8 Å². The van der Waals surface area contributed by atoms with E-state index < -0.39 is 0 Å². The van der Waals surface area contributed by atoms with E-state index in [1.54, 1.807) is 19.5 Å². The van der Waals surface area contributed by atoms with Crippen LogP contribution < -0.4 is 10.1 Å². The molecule has 1 atom stereocenters. The van der Waals surface area contributed by atoms with Crippen LogP contribution in [0.2, 0.25) is 0 Å². The highest BCUT2D eigenvalue weighted by Crippen LogP contribution is 2.35. The van der Waals surface area contributed by atoms with Gasteiger partial charge in [-0.05, 0) is 46.3 Å². The first kappa shape index (κ1) is 16.2. The van der Waals surface area contributed by atoms with Crippen molar-refractivity contribution in [2.24, 2.45) is 0 Å². The van der Waals surface area contributed by atoms with Crippen molar-refractivity contribution in [3.05, 3.63) is 18.1 Å². The summed E-state index contributed by atoms with van der Waals surface area (Å²) < 4.78 is 5.42. The summed E-state index contributed by atoms with van der Waals surface area (Å²) in [6.45, 7) is 9.90. The zero-order valence-electron chi connectivity index (χ0n) is 13.7. The Morgan fingerprint density at radius 2 is 1.90 bits per heavy atom. The standard InChI is InChI=1S/C16H28N4O/c1-5-17-14(13-15(21-4)19-10-9-18-13)16(2,3)20-11-7-6-8-12-20/h9-10,14,17H,5-8,11-12H2,1-4H3. The summed E-state index contributed by atoms with van der Waals surface area (Å²) in [6, 6.07) is 0.101. The van der Waals surface area contributed by atoms with Gasteiger partial charge in [-0.25, -0.2) is 4.98 Å². The third kappa shape index (κ3) is 3.52. The Bertz CT molecular complexity index is 444. The molecule has 1 aliphatic rings. The van der Waals surface area contributed by atoms with Crippen molar-refractivity contribution >= 4 is 0 Å². The van der Waals surface area contributed by atoms with Crippen LogP contribution in [0.3, 0.4) is 0 Å². The van der Waals surface area contributed by atoms with Gasteiger partial charge in [0.1, 0.15) is 5.69 Å². The van der Waals surface area contributed by atoms with E-state index in [1.807, 2.05) is 0 Å². The van der Waals surface area contributed by atoms with Crippen LogP contribution in [0.15, 0.2) is 12.4 Å². The van der Waals surface area contributed by atoms with E-state index in [-0.39, 0.29) is 11.6 Å². The second-order valence-electron chi connectivity index (χ2n) is 6.14. The predicted octanol–water partition coefficient (Wildman–Crippen LogP) is 2.40. The zero-order valence-corrected chi connectivity index (χ0v) is 13.7. The molecule has 5 heteroatoms. The number of nitrogens with zero attached hydrogens (tertiary/aromatic N) is 3. The monoisotopic (exact) mass is 292 g/mol. The van der Waals surface area contributed by atoms with E-state index >= 15 is 0 Å². The molecule has 21 heavy (non-hydrogen) atoms. The Hall–Kier alpha value is -1.20. The second-order valence-corrected chi connectivity index (χ2v) is 6.14. The molecule has 1 aliphatic heterocycles. The molecule has 1 aromatic heterocycles. The minimum atomic E-state index is -0.0280. The van der Waals surface area contributed by atoms with Crippen LogP contribution in [-0.4, -0.2) is 47.2 Å². The van der Waals surface area contributed by atoms with Crippen molar-refractivity contribution in [3.63, 3.8) is 0 Å². The molecule has 1 fully saturated rings. The maximum atomic E-state index is 5.42. The topological polar surface area (TPSA) is 50.3 Å². The van der Waals surface area contributed by atoms with Crippen molar-refractivity contribution in [2.45, 2.75) is 51.6 Å². The molecule has 0 saturated carbocycles. The van der Waals surface area contributed by atoms with Gasteiger partial charge in [-0.2, -0.15) is 0 Å². The first-order chi connectivity index (χ1) is 10.1. The molecule has 1 N–H and O–H groups in total. The van der Waals surface area contributed by atoms with Crippen LogP contribution in [0.25, 0.3) is 0 Å². The number of ether oxygens (including phenoxy) is 1. The van der Waals surface area contributed by atoms with Gasteiger partial charge in [-0.1, -0.05) is 13.3 Å². The van der Waals surface area contributed by atoms with Crippen LogP contribution >= 0.6 is 0 Å². The molecule has 5 nitrogen and oxygen atoms in total. The smallest absolute Gasteiger partial charge is 0.237 e. The fraction of sp³-hybridized carbons (Fsp3) is 0.750. The molecule has 2 heterocycles. The summed E-state index contributed by atoms with van der Waals surface area (Å²) in [5.41, 5.74) is 0.872. The number of hydrogen-bond acceptors (Lipinski definition) is 5. The largest absolute Gasteiger partial charge is 0.480 e. The lowest BCUT2D eigenvalue weighted by Gasteiger charge is -2.46. The van der Waals surface area contributed by atoms with Gasteiger partial charge in [-0.3, -0.25) is 9.88 Å². The van der Waals surface area contributed by atoms with Gasteiger partial charge in [0.05, 0.1) is 13.2 Å². The maximum Gasteiger partial charge on any atom is 0.237 e. The first-order valence-corrected chi connectivity index (χ1v) is 7.94. The molecule has 1 unspecified atom stereocenters. The molecule has 1 aromatic rings. The van der Waals surface area contributed by atoms with E-state index in [1.165, 1.54) is 19.3 Å². The van der Waals surface area contributed by atoms with E-state index in [9.17, 15) is 0 Å². The Balaban J connectivity index is 2.32. The zero-order chi connectivity index (χ0) is 15.3. The molecule has 1 saturated heterocycles. The molecule has 118 valence electrons. The van der Waals surface area contributed by atoms with E-state index in [4.69, 9.17) is 4.74 Å². The van der Waals surface area contributed by atoms with E-state index in [0.717, 1.165) is 25.3 Å². The lowest BCUT2D eigenvalue weighted by Crippen LogP contribution is -2.54. The van der Waals surface area contributed by atoms with Gasteiger partial charge >= 0.3 is 0 Å². The number of nitrogens with one attached hydrogen (secondary N) is 1. The fourth-order valence-electron chi connectivity index (χ4n) is 3.23. The minimum Gasteiger partial charge on any atom is -0.480 e. The van der Waals surface area contributed by atoms with Gasteiger partial charge in [0.25, 0.3) is 0 Å². The van der Waals surface area contributed by atoms with Gasteiger partial charge < -0.3 is 10.1 Å². The fourth-order valence-corrected chi connectivity index (χ4v) is 3.23. The lowest BCUT2D eigenvalue weighted by atomic mass is 9.87. The summed E-state index contributed by atoms with van der Waals surface area (Å²) in [7, 11) is 1.66.